The lowest BCUT2D eigenvalue weighted by atomic mass is 10.2. The summed E-state index contributed by atoms with van der Waals surface area (Å²) in [6.45, 7) is 0.264. The fourth-order valence-corrected chi connectivity index (χ4v) is 2.02. The Hall–Kier alpha value is -3.03. The zero-order chi connectivity index (χ0) is 15.7. The van der Waals surface area contributed by atoms with Crippen molar-refractivity contribution in [1.82, 2.24) is 24.3 Å². The van der Waals surface area contributed by atoms with Gasteiger partial charge in [-0.1, -0.05) is 35.4 Å². The van der Waals surface area contributed by atoms with Gasteiger partial charge in [0.2, 0.25) is 0 Å². The molecule has 0 aliphatic heterocycles. The average molecular weight is 299 g/mol. The van der Waals surface area contributed by atoms with E-state index in [2.05, 4.69) is 15.2 Å². The summed E-state index contributed by atoms with van der Waals surface area (Å²) in [5, 5.41) is 7.67. The number of rotatable bonds is 3. The van der Waals surface area contributed by atoms with Crippen molar-refractivity contribution in [3.63, 3.8) is 0 Å². The van der Waals surface area contributed by atoms with Gasteiger partial charge in [0.05, 0.1) is 0 Å². The Balaban J connectivity index is 2.00. The van der Waals surface area contributed by atoms with E-state index in [4.69, 9.17) is 4.74 Å². The molecule has 0 bridgehead atoms. The molecule has 3 rings (SSSR count). The van der Waals surface area contributed by atoms with E-state index < -0.39 is 11.2 Å². The topological polar surface area (TPSA) is 91.9 Å². The minimum atomic E-state index is -0.530. The first kappa shape index (κ1) is 13.9. The highest BCUT2D eigenvalue weighted by Gasteiger charge is 2.13. The van der Waals surface area contributed by atoms with Crippen LogP contribution in [0.1, 0.15) is 5.56 Å². The summed E-state index contributed by atoms with van der Waals surface area (Å²) >= 11 is 0. The molecule has 8 heteroatoms. The fraction of sp³-hybridized carbons (Fsp3) is 0.214. The van der Waals surface area contributed by atoms with E-state index in [1.165, 1.54) is 18.7 Å². The number of aromatic nitrogens is 5. The van der Waals surface area contributed by atoms with Crippen LogP contribution in [0, 0.1) is 0 Å². The van der Waals surface area contributed by atoms with Gasteiger partial charge in [0.25, 0.3) is 5.56 Å². The summed E-state index contributed by atoms with van der Waals surface area (Å²) in [7, 11) is 2.89. The van der Waals surface area contributed by atoms with Gasteiger partial charge in [0, 0.05) is 14.1 Å². The van der Waals surface area contributed by atoms with Gasteiger partial charge in [0.15, 0.2) is 11.2 Å². The summed E-state index contributed by atoms with van der Waals surface area (Å²) in [5.74, 6) is 0. The summed E-state index contributed by atoms with van der Waals surface area (Å²) in [5.41, 5.74) is 0.103. The number of nitrogens with zero attached hydrogens (tertiary/aromatic N) is 5. The van der Waals surface area contributed by atoms with E-state index in [0.29, 0.717) is 0 Å². The monoisotopic (exact) mass is 299 g/mol. The first-order chi connectivity index (χ1) is 10.6. The lowest BCUT2D eigenvalue weighted by Crippen LogP contribution is -2.37. The quantitative estimate of drug-likeness (QED) is 0.676. The van der Waals surface area contributed by atoms with Crippen LogP contribution < -0.4 is 16.0 Å². The second-order valence-electron chi connectivity index (χ2n) is 4.75. The van der Waals surface area contributed by atoms with Crippen LogP contribution in [0.5, 0.6) is 6.01 Å². The Labute approximate surface area is 124 Å². The maximum Gasteiger partial charge on any atom is 0.336 e. The van der Waals surface area contributed by atoms with Gasteiger partial charge in [-0.05, 0) is 5.56 Å². The lowest BCUT2D eigenvalue weighted by Gasteiger charge is -2.07. The van der Waals surface area contributed by atoms with Crippen molar-refractivity contribution < 1.29 is 4.74 Å². The number of ether oxygens (including phenoxy) is 1. The third-order valence-electron chi connectivity index (χ3n) is 3.26. The Morgan fingerprint density at radius 2 is 1.77 bits per heavy atom. The fourth-order valence-electron chi connectivity index (χ4n) is 2.02. The Bertz CT molecular complexity index is 946. The standard InChI is InChI=1S/C14H13N5O3/c1-18-11-10(12(20)19(2)14(18)21)15-13(17-16-11)22-8-9-6-4-3-5-7-9/h3-7H,8H2,1-2H3. The van der Waals surface area contributed by atoms with Crippen molar-refractivity contribution in [3.05, 3.63) is 56.7 Å². The molecule has 0 atom stereocenters. The van der Waals surface area contributed by atoms with Gasteiger partial charge in [-0.15, -0.1) is 5.10 Å². The summed E-state index contributed by atoms with van der Waals surface area (Å²) in [4.78, 5) is 28.0. The highest BCUT2D eigenvalue weighted by molar-refractivity contribution is 5.68. The van der Waals surface area contributed by atoms with Crippen molar-refractivity contribution in [2.45, 2.75) is 6.61 Å². The van der Waals surface area contributed by atoms with E-state index in [-0.39, 0.29) is 23.8 Å². The van der Waals surface area contributed by atoms with Crippen molar-refractivity contribution >= 4 is 11.2 Å². The average Bonchev–Trinajstić information content (AvgIpc) is 2.57. The highest BCUT2D eigenvalue weighted by atomic mass is 16.5. The molecule has 0 aliphatic rings. The van der Waals surface area contributed by atoms with Gasteiger partial charge in [-0.2, -0.15) is 4.98 Å². The maximum absolute atomic E-state index is 12.1. The molecule has 1 aromatic carbocycles. The van der Waals surface area contributed by atoms with Crippen molar-refractivity contribution in [2.75, 3.05) is 0 Å². The predicted octanol–water partition coefficient (Wildman–Crippen LogP) is 0.00120. The van der Waals surface area contributed by atoms with Crippen LogP contribution >= 0.6 is 0 Å². The molecular weight excluding hydrogens is 286 g/mol. The zero-order valence-electron chi connectivity index (χ0n) is 12.1. The number of aryl methyl sites for hydroxylation is 1. The van der Waals surface area contributed by atoms with E-state index in [1.54, 1.807) is 0 Å². The Kier molecular flexibility index (Phi) is 3.42. The van der Waals surface area contributed by atoms with Crippen LogP contribution in [-0.2, 0) is 20.7 Å². The van der Waals surface area contributed by atoms with Crippen LogP contribution in [0.15, 0.2) is 39.9 Å². The predicted molar refractivity (Wildman–Crippen MR) is 78.6 cm³/mol. The second kappa shape index (κ2) is 5.40. The Morgan fingerprint density at radius 3 is 2.50 bits per heavy atom. The van der Waals surface area contributed by atoms with Crippen LogP contribution in [0.2, 0.25) is 0 Å². The van der Waals surface area contributed by atoms with E-state index in [9.17, 15) is 9.59 Å². The minimum Gasteiger partial charge on any atom is -0.457 e. The number of fused-ring (bicyclic) bond motifs is 1. The van der Waals surface area contributed by atoms with Crippen LogP contribution in [-0.4, -0.2) is 24.3 Å². The highest BCUT2D eigenvalue weighted by Crippen LogP contribution is 2.08. The molecule has 8 nitrogen and oxygen atoms in total. The normalized spacial score (nSPS) is 10.8. The first-order valence-electron chi connectivity index (χ1n) is 6.55. The van der Waals surface area contributed by atoms with Gasteiger partial charge in [-0.25, -0.2) is 4.79 Å². The van der Waals surface area contributed by atoms with Gasteiger partial charge >= 0.3 is 11.7 Å². The molecule has 0 saturated carbocycles. The molecule has 0 spiro atoms. The number of hydrogen-bond acceptors (Lipinski definition) is 6. The zero-order valence-corrected chi connectivity index (χ0v) is 12.1. The molecule has 0 fully saturated rings. The smallest absolute Gasteiger partial charge is 0.336 e. The molecule has 0 radical (unpaired) electrons. The van der Waals surface area contributed by atoms with Crippen molar-refractivity contribution in [1.29, 1.82) is 0 Å². The van der Waals surface area contributed by atoms with Gasteiger partial charge in [-0.3, -0.25) is 13.9 Å². The molecule has 3 aromatic rings. The molecule has 2 aromatic heterocycles. The molecule has 0 N–H and O–H groups in total. The largest absolute Gasteiger partial charge is 0.457 e. The van der Waals surface area contributed by atoms with Crippen molar-refractivity contribution in [2.24, 2.45) is 14.1 Å². The maximum atomic E-state index is 12.1. The van der Waals surface area contributed by atoms with Gasteiger partial charge < -0.3 is 4.74 Å². The second-order valence-corrected chi connectivity index (χ2v) is 4.75. The molecule has 0 aliphatic carbocycles. The number of benzene rings is 1. The SMILES string of the molecule is Cn1c(=O)c2nc(OCc3ccccc3)nnc2n(C)c1=O. The summed E-state index contributed by atoms with van der Waals surface area (Å²) in [6.07, 6.45) is 0. The van der Waals surface area contributed by atoms with E-state index >= 15 is 0 Å². The third-order valence-corrected chi connectivity index (χ3v) is 3.26. The lowest BCUT2D eigenvalue weighted by molar-refractivity contribution is 0.278. The Morgan fingerprint density at radius 1 is 1.05 bits per heavy atom. The molecular formula is C14H13N5O3. The molecule has 0 saturated heterocycles. The third kappa shape index (κ3) is 2.34. The van der Waals surface area contributed by atoms with Crippen molar-refractivity contribution in [3.8, 4) is 6.01 Å². The molecule has 2 heterocycles. The van der Waals surface area contributed by atoms with E-state index in [1.807, 2.05) is 30.3 Å². The summed E-state index contributed by atoms with van der Waals surface area (Å²) in [6, 6.07) is 9.48. The molecule has 112 valence electrons. The number of hydrogen-bond donors (Lipinski definition) is 0. The van der Waals surface area contributed by atoms with Gasteiger partial charge in [0.1, 0.15) is 6.61 Å². The molecule has 22 heavy (non-hydrogen) atoms. The first-order valence-corrected chi connectivity index (χ1v) is 6.55. The van der Waals surface area contributed by atoms with Crippen LogP contribution in [0.25, 0.3) is 11.2 Å². The molecule has 0 unspecified atom stereocenters. The van der Waals surface area contributed by atoms with Crippen LogP contribution in [0.3, 0.4) is 0 Å². The molecule has 0 amide bonds. The summed E-state index contributed by atoms with van der Waals surface area (Å²) < 4.78 is 7.64. The van der Waals surface area contributed by atoms with Crippen LogP contribution in [0.4, 0.5) is 0 Å². The van der Waals surface area contributed by atoms with E-state index in [0.717, 1.165) is 10.1 Å². The minimum absolute atomic E-state index is 0.00731.